The normalized spacial score (nSPS) is 32.1. The number of piperazine rings is 1. The number of benzene rings is 1. The van der Waals surface area contributed by atoms with Crippen molar-refractivity contribution in [1.82, 2.24) is 10.2 Å². The lowest BCUT2D eigenvalue weighted by Crippen LogP contribution is -2.50. The van der Waals surface area contributed by atoms with Crippen LogP contribution in [0, 0.1) is 0 Å². The molecule has 0 radical (unpaired) electrons. The summed E-state index contributed by atoms with van der Waals surface area (Å²) in [5.74, 6) is 1.54. The van der Waals surface area contributed by atoms with Gasteiger partial charge in [-0.2, -0.15) is 0 Å². The van der Waals surface area contributed by atoms with Crippen molar-refractivity contribution < 1.29 is 14.6 Å². The molecule has 1 saturated heterocycles. The topological polar surface area (TPSA) is 54.0 Å². The fourth-order valence-electron chi connectivity index (χ4n) is 3.97. The number of ether oxygens (including phenoxy) is 2. The van der Waals surface area contributed by atoms with Gasteiger partial charge >= 0.3 is 0 Å². The minimum absolute atomic E-state index is 0.280. The monoisotopic (exact) mass is 304 g/mol. The van der Waals surface area contributed by atoms with Crippen molar-refractivity contribution in [2.45, 2.75) is 37.3 Å². The van der Waals surface area contributed by atoms with E-state index in [-0.39, 0.29) is 6.79 Å². The van der Waals surface area contributed by atoms with E-state index in [0.29, 0.717) is 6.04 Å². The van der Waals surface area contributed by atoms with Gasteiger partial charge in [0, 0.05) is 32.2 Å². The Balaban J connectivity index is 1.45. The van der Waals surface area contributed by atoms with Crippen LogP contribution in [0.5, 0.6) is 11.5 Å². The molecule has 2 fully saturated rings. The van der Waals surface area contributed by atoms with Crippen molar-refractivity contribution in [2.75, 3.05) is 33.0 Å². The van der Waals surface area contributed by atoms with E-state index >= 15 is 0 Å². The molecular weight excluding hydrogens is 280 g/mol. The number of nitrogens with one attached hydrogen (secondary N) is 1. The second-order valence-corrected chi connectivity index (χ2v) is 6.62. The number of hydrogen-bond acceptors (Lipinski definition) is 5. The van der Waals surface area contributed by atoms with Crippen LogP contribution < -0.4 is 14.8 Å². The molecule has 1 aromatic rings. The molecule has 2 aliphatic heterocycles. The Morgan fingerprint density at radius 3 is 2.59 bits per heavy atom. The number of nitrogens with zero attached hydrogens (tertiary/aromatic N) is 1. The molecule has 3 aliphatic rings. The van der Waals surface area contributed by atoms with E-state index in [9.17, 15) is 5.11 Å². The molecular formula is C17H24N2O3. The predicted octanol–water partition coefficient (Wildman–Crippen LogP) is 1.45. The molecule has 4 rings (SSSR count). The maximum absolute atomic E-state index is 11.1. The molecule has 0 unspecified atom stereocenters. The fourth-order valence-corrected chi connectivity index (χ4v) is 3.97. The summed E-state index contributed by atoms with van der Waals surface area (Å²) in [6, 6.07) is 6.47. The number of fused-ring (bicyclic) bond motifs is 1. The van der Waals surface area contributed by atoms with Gasteiger partial charge in [0.2, 0.25) is 6.79 Å². The second-order valence-electron chi connectivity index (χ2n) is 6.62. The summed E-state index contributed by atoms with van der Waals surface area (Å²) in [6.07, 6.45) is 3.76. The molecule has 0 bridgehead atoms. The Hall–Kier alpha value is -1.30. The summed E-state index contributed by atoms with van der Waals surface area (Å²) in [5.41, 5.74) is 0.251. The largest absolute Gasteiger partial charge is 0.454 e. The van der Waals surface area contributed by atoms with Crippen LogP contribution in [0.1, 0.15) is 31.2 Å². The quantitative estimate of drug-likeness (QED) is 0.866. The molecule has 2 N–H and O–H groups in total. The summed E-state index contributed by atoms with van der Waals surface area (Å²) >= 11 is 0. The van der Waals surface area contributed by atoms with Gasteiger partial charge in [0.1, 0.15) is 0 Å². The average molecular weight is 304 g/mol. The van der Waals surface area contributed by atoms with Crippen LogP contribution in [0.25, 0.3) is 0 Å². The van der Waals surface area contributed by atoms with Crippen molar-refractivity contribution in [3.05, 3.63) is 23.8 Å². The van der Waals surface area contributed by atoms with Crippen LogP contribution in [0.2, 0.25) is 0 Å². The third-order valence-electron chi connectivity index (χ3n) is 5.36. The van der Waals surface area contributed by atoms with Crippen LogP contribution in [-0.4, -0.2) is 49.0 Å². The van der Waals surface area contributed by atoms with E-state index < -0.39 is 5.60 Å². The number of rotatable bonds is 2. The Labute approximate surface area is 131 Å². The highest BCUT2D eigenvalue weighted by Gasteiger charge is 2.37. The zero-order chi connectivity index (χ0) is 15.0. The molecule has 5 nitrogen and oxygen atoms in total. The van der Waals surface area contributed by atoms with Gasteiger partial charge in [0.25, 0.3) is 0 Å². The van der Waals surface area contributed by atoms with Gasteiger partial charge in [-0.25, -0.2) is 0 Å². The molecule has 1 aliphatic carbocycles. The van der Waals surface area contributed by atoms with Gasteiger partial charge in [-0.3, -0.25) is 4.90 Å². The molecule has 1 saturated carbocycles. The van der Waals surface area contributed by atoms with Gasteiger partial charge in [0.15, 0.2) is 11.5 Å². The first-order valence-electron chi connectivity index (χ1n) is 8.32. The van der Waals surface area contributed by atoms with E-state index in [2.05, 4.69) is 10.2 Å². The predicted molar refractivity (Wildman–Crippen MR) is 83.2 cm³/mol. The van der Waals surface area contributed by atoms with Crippen molar-refractivity contribution >= 4 is 0 Å². The van der Waals surface area contributed by atoms with Crippen molar-refractivity contribution in [3.8, 4) is 11.5 Å². The van der Waals surface area contributed by atoms with Gasteiger partial charge in [0.05, 0.1) is 5.60 Å². The molecule has 0 aromatic heterocycles. The summed E-state index contributed by atoms with van der Waals surface area (Å²) < 4.78 is 10.8. The van der Waals surface area contributed by atoms with E-state index in [1.54, 1.807) is 0 Å². The van der Waals surface area contributed by atoms with Crippen molar-refractivity contribution in [3.63, 3.8) is 0 Å². The third kappa shape index (κ3) is 2.57. The zero-order valence-corrected chi connectivity index (χ0v) is 12.9. The van der Waals surface area contributed by atoms with E-state index in [1.165, 1.54) is 0 Å². The molecule has 2 heterocycles. The summed E-state index contributed by atoms with van der Waals surface area (Å²) in [4.78, 5) is 2.58. The average Bonchev–Trinajstić information content (AvgIpc) is 3.04. The van der Waals surface area contributed by atoms with Crippen LogP contribution in [0.15, 0.2) is 18.2 Å². The lowest BCUT2D eigenvalue weighted by Gasteiger charge is -2.42. The van der Waals surface area contributed by atoms with E-state index in [1.807, 2.05) is 18.2 Å². The first-order valence-corrected chi connectivity index (χ1v) is 8.32. The van der Waals surface area contributed by atoms with Crippen molar-refractivity contribution in [1.29, 1.82) is 0 Å². The first-order chi connectivity index (χ1) is 10.7. The molecule has 5 heteroatoms. The smallest absolute Gasteiger partial charge is 0.231 e. The fraction of sp³-hybridized carbons (Fsp3) is 0.647. The molecule has 1 aromatic carbocycles. The highest BCUT2D eigenvalue weighted by molar-refractivity contribution is 5.46. The van der Waals surface area contributed by atoms with Crippen molar-refractivity contribution in [2.24, 2.45) is 0 Å². The second kappa shape index (κ2) is 5.72. The molecule has 120 valence electrons. The Morgan fingerprint density at radius 1 is 1.09 bits per heavy atom. The maximum Gasteiger partial charge on any atom is 0.231 e. The minimum atomic E-state index is -0.717. The molecule has 0 atom stereocenters. The highest BCUT2D eigenvalue weighted by Crippen LogP contribution is 2.42. The lowest BCUT2D eigenvalue weighted by molar-refractivity contribution is -0.0266. The maximum atomic E-state index is 11.1. The Kier molecular flexibility index (Phi) is 3.72. The standard InChI is InChI=1S/C17H24N2O3/c20-17(13-1-2-15-16(11-13)22-12-21-15)5-3-14(4-6-17)19-9-7-18-8-10-19/h1-2,11,14,18,20H,3-10,12H2. The number of hydrogen-bond donors (Lipinski definition) is 2. The van der Waals surface area contributed by atoms with Crippen LogP contribution in [0.4, 0.5) is 0 Å². The molecule has 22 heavy (non-hydrogen) atoms. The van der Waals surface area contributed by atoms with Gasteiger partial charge in [-0.15, -0.1) is 0 Å². The van der Waals surface area contributed by atoms with Gasteiger partial charge in [-0.05, 0) is 43.4 Å². The first kappa shape index (κ1) is 14.3. The minimum Gasteiger partial charge on any atom is -0.454 e. The number of aliphatic hydroxyl groups is 1. The van der Waals surface area contributed by atoms with E-state index in [0.717, 1.165) is 68.9 Å². The van der Waals surface area contributed by atoms with Crippen LogP contribution in [-0.2, 0) is 5.60 Å². The molecule has 0 spiro atoms. The third-order valence-corrected chi connectivity index (χ3v) is 5.36. The molecule has 0 amide bonds. The van der Waals surface area contributed by atoms with Crippen LogP contribution in [0.3, 0.4) is 0 Å². The summed E-state index contributed by atoms with van der Waals surface area (Å²) in [5, 5.41) is 14.5. The summed E-state index contributed by atoms with van der Waals surface area (Å²) in [7, 11) is 0. The van der Waals surface area contributed by atoms with Gasteiger partial charge in [-0.1, -0.05) is 6.07 Å². The lowest BCUT2D eigenvalue weighted by atomic mass is 9.77. The SMILES string of the molecule is OC1(c2ccc3c(c2)OCO3)CCC(N2CCNCC2)CC1. The highest BCUT2D eigenvalue weighted by atomic mass is 16.7. The Bertz CT molecular complexity index is 535. The summed E-state index contributed by atoms with van der Waals surface area (Å²) in [6.45, 7) is 4.72. The Morgan fingerprint density at radius 2 is 1.82 bits per heavy atom. The van der Waals surface area contributed by atoms with E-state index in [4.69, 9.17) is 9.47 Å². The zero-order valence-electron chi connectivity index (χ0n) is 12.9. The van der Waals surface area contributed by atoms with Gasteiger partial charge < -0.3 is 19.9 Å². The van der Waals surface area contributed by atoms with Crippen LogP contribution >= 0.6 is 0 Å².